The van der Waals surface area contributed by atoms with Crippen LogP contribution in [0.1, 0.15) is 74.9 Å². The van der Waals surface area contributed by atoms with Gasteiger partial charge in [-0.15, -0.1) is 6.58 Å². The van der Waals surface area contributed by atoms with Crippen molar-refractivity contribution in [2.24, 2.45) is 0 Å². The zero-order valence-corrected chi connectivity index (χ0v) is 19.3. The predicted octanol–water partition coefficient (Wildman–Crippen LogP) is 3.20. The van der Waals surface area contributed by atoms with Crippen molar-refractivity contribution in [2.75, 3.05) is 6.61 Å². The minimum absolute atomic E-state index is 0.0285. The van der Waals surface area contributed by atoms with E-state index in [-0.39, 0.29) is 16.3 Å². The highest BCUT2D eigenvalue weighted by Gasteiger charge is 2.42. The molecule has 2 atom stereocenters. The molecular weight excluding hydrogens is 389 g/mol. The van der Waals surface area contributed by atoms with Crippen LogP contribution in [0.15, 0.2) is 43.1 Å². The van der Waals surface area contributed by atoms with Crippen LogP contribution in [-0.2, 0) is 21.4 Å². The first-order valence-corrected chi connectivity index (χ1v) is 11.0. The van der Waals surface area contributed by atoms with Crippen LogP contribution < -0.4 is 5.46 Å². The molecule has 3 rings (SSSR count). The Balaban J connectivity index is 2.22. The molecule has 3 N–H and O–H groups in total. The Bertz CT molecular complexity index is 957. The number of allylic oxidation sites excluding steroid dienone is 1. The fraction of sp³-hybridized carbons (Fsp3) is 0.480. The van der Waals surface area contributed by atoms with Crippen molar-refractivity contribution in [3.8, 4) is 0 Å². The molecule has 5 nitrogen and oxygen atoms in total. The Morgan fingerprint density at radius 3 is 2.45 bits per heavy atom. The second kappa shape index (κ2) is 8.51. The molecule has 0 saturated carbocycles. The molecule has 1 aromatic carbocycles. The monoisotopic (exact) mass is 423 g/mol. The fourth-order valence-electron chi connectivity index (χ4n) is 4.46. The third-order valence-electron chi connectivity index (χ3n) is 6.74. The van der Waals surface area contributed by atoms with E-state index in [4.69, 9.17) is 4.74 Å². The summed E-state index contributed by atoms with van der Waals surface area (Å²) in [4.78, 5) is 4.32. The number of aryl methyl sites for hydroxylation is 1. The number of ether oxygens (including phenoxy) is 1. The fourth-order valence-corrected chi connectivity index (χ4v) is 4.46. The van der Waals surface area contributed by atoms with Gasteiger partial charge in [0.05, 0.1) is 6.61 Å². The lowest BCUT2D eigenvalue weighted by atomic mass is 9.61. The van der Waals surface area contributed by atoms with Gasteiger partial charge in [-0.05, 0) is 60.4 Å². The van der Waals surface area contributed by atoms with Gasteiger partial charge in [-0.3, -0.25) is 4.98 Å². The average molecular weight is 423 g/mol. The van der Waals surface area contributed by atoms with E-state index in [2.05, 4.69) is 44.5 Å². The molecule has 1 heterocycles. The van der Waals surface area contributed by atoms with Crippen molar-refractivity contribution in [2.45, 2.75) is 70.5 Å². The van der Waals surface area contributed by atoms with E-state index in [9.17, 15) is 15.2 Å². The molecule has 166 valence electrons. The van der Waals surface area contributed by atoms with E-state index < -0.39 is 12.9 Å². The standard InChI is InChI=1S/C25H34BNO4/c1-7-13-31-25(28,22-10-9-18(16-27-22)26(29)30)19-15-21-20(14-17(19)3)23(4,5)11-12-24(21,6)8-2/h8-10,14-16,28-30H,2,7,11-13H2,1,3-6H3. The maximum absolute atomic E-state index is 11.8. The maximum atomic E-state index is 11.8. The quantitative estimate of drug-likeness (QED) is 0.362. The third-order valence-corrected chi connectivity index (χ3v) is 6.74. The molecule has 2 aromatic rings. The number of aliphatic hydroxyl groups is 1. The number of hydrogen-bond acceptors (Lipinski definition) is 5. The minimum atomic E-state index is -1.75. The highest BCUT2D eigenvalue weighted by molar-refractivity contribution is 6.58. The third kappa shape index (κ3) is 4.22. The lowest BCUT2D eigenvalue weighted by molar-refractivity contribution is -0.183. The van der Waals surface area contributed by atoms with Gasteiger partial charge in [0.2, 0.25) is 5.79 Å². The lowest BCUT2D eigenvalue weighted by Gasteiger charge is -2.43. The Morgan fingerprint density at radius 2 is 1.90 bits per heavy atom. The van der Waals surface area contributed by atoms with Crippen LogP contribution >= 0.6 is 0 Å². The molecule has 0 radical (unpaired) electrons. The largest absolute Gasteiger partial charge is 0.490 e. The summed E-state index contributed by atoms with van der Waals surface area (Å²) < 4.78 is 6.02. The molecule has 0 amide bonds. The van der Waals surface area contributed by atoms with E-state index in [1.807, 2.05) is 19.9 Å². The van der Waals surface area contributed by atoms with Gasteiger partial charge in [-0.25, -0.2) is 0 Å². The van der Waals surface area contributed by atoms with Crippen molar-refractivity contribution < 1.29 is 19.9 Å². The van der Waals surface area contributed by atoms with Gasteiger partial charge >= 0.3 is 7.12 Å². The van der Waals surface area contributed by atoms with E-state index >= 15 is 0 Å². The van der Waals surface area contributed by atoms with Crippen LogP contribution in [0.25, 0.3) is 0 Å². The summed E-state index contributed by atoms with van der Waals surface area (Å²) >= 11 is 0. The molecule has 0 bridgehead atoms. The first-order valence-electron chi connectivity index (χ1n) is 11.0. The Kier molecular flexibility index (Phi) is 6.50. The lowest BCUT2D eigenvalue weighted by Crippen LogP contribution is -2.38. The van der Waals surface area contributed by atoms with Crippen LogP contribution in [0.2, 0.25) is 0 Å². The van der Waals surface area contributed by atoms with Crippen LogP contribution in [-0.4, -0.2) is 33.9 Å². The maximum Gasteiger partial charge on any atom is 0.490 e. The van der Waals surface area contributed by atoms with Crippen LogP contribution in [0, 0.1) is 6.92 Å². The molecule has 2 unspecified atom stereocenters. The van der Waals surface area contributed by atoms with Crippen molar-refractivity contribution in [1.29, 1.82) is 0 Å². The van der Waals surface area contributed by atoms with Crippen LogP contribution in [0.4, 0.5) is 0 Å². The average Bonchev–Trinajstić information content (AvgIpc) is 2.75. The first-order chi connectivity index (χ1) is 14.5. The number of pyridine rings is 1. The summed E-state index contributed by atoms with van der Waals surface area (Å²) in [6.07, 6.45) is 6.13. The Morgan fingerprint density at radius 1 is 1.19 bits per heavy atom. The van der Waals surface area contributed by atoms with Crippen molar-refractivity contribution in [1.82, 2.24) is 4.98 Å². The van der Waals surface area contributed by atoms with E-state index in [0.717, 1.165) is 30.4 Å². The van der Waals surface area contributed by atoms with Gasteiger partial charge < -0.3 is 19.9 Å². The second-order valence-corrected chi connectivity index (χ2v) is 9.56. The number of benzene rings is 1. The predicted molar refractivity (Wildman–Crippen MR) is 124 cm³/mol. The highest BCUT2D eigenvalue weighted by Crippen LogP contribution is 2.48. The van der Waals surface area contributed by atoms with E-state index in [1.54, 1.807) is 6.07 Å². The molecule has 1 aliphatic rings. The van der Waals surface area contributed by atoms with Gasteiger partial charge in [0.15, 0.2) is 0 Å². The summed E-state index contributed by atoms with van der Waals surface area (Å²) in [7, 11) is -1.62. The zero-order chi connectivity index (χ0) is 23.0. The number of aromatic nitrogens is 1. The summed E-state index contributed by atoms with van der Waals surface area (Å²) in [6.45, 7) is 15.1. The van der Waals surface area contributed by atoms with Crippen LogP contribution in [0.3, 0.4) is 0 Å². The number of fused-ring (bicyclic) bond motifs is 1. The summed E-state index contributed by atoms with van der Waals surface area (Å²) in [5.74, 6) is -1.75. The van der Waals surface area contributed by atoms with E-state index in [1.165, 1.54) is 17.8 Å². The van der Waals surface area contributed by atoms with Crippen molar-refractivity contribution in [3.05, 3.63) is 71.1 Å². The molecule has 1 aromatic heterocycles. The molecule has 0 aliphatic heterocycles. The van der Waals surface area contributed by atoms with Gasteiger partial charge in [-0.2, -0.15) is 0 Å². The molecule has 1 aliphatic carbocycles. The topological polar surface area (TPSA) is 82.8 Å². The summed E-state index contributed by atoms with van der Waals surface area (Å²) in [6, 6.07) is 7.34. The van der Waals surface area contributed by atoms with Gasteiger partial charge in [0, 0.05) is 22.6 Å². The number of nitrogens with zero attached hydrogens (tertiary/aromatic N) is 1. The smallest absolute Gasteiger partial charge is 0.423 e. The van der Waals surface area contributed by atoms with Crippen LogP contribution in [0.5, 0.6) is 0 Å². The van der Waals surface area contributed by atoms with E-state index in [0.29, 0.717) is 17.9 Å². The Labute approximate surface area is 186 Å². The van der Waals surface area contributed by atoms with Gasteiger partial charge in [0.25, 0.3) is 0 Å². The minimum Gasteiger partial charge on any atom is -0.423 e. The normalized spacial score (nSPS) is 21.8. The van der Waals surface area contributed by atoms with Crippen molar-refractivity contribution >= 4 is 12.6 Å². The number of hydrogen-bond donors (Lipinski definition) is 3. The SMILES string of the molecule is C=CC1(C)CCC(C)(C)c2cc(C)c(C(O)(OCCC)c3ccc(B(O)O)cn3)cc21. The second-order valence-electron chi connectivity index (χ2n) is 9.56. The molecule has 0 spiro atoms. The molecule has 0 fully saturated rings. The zero-order valence-electron chi connectivity index (χ0n) is 19.3. The van der Waals surface area contributed by atoms with Gasteiger partial charge in [-0.1, -0.05) is 45.9 Å². The molecule has 0 saturated heterocycles. The molecular formula is C25H34BNO4. The van der Waals surface area contributed by atoms with Crippen molar-refractivity contribution in [3.63, 3.8) is 0 Å². The molecule has 31 heavy (non-hydrogen) atoms. The highest BCUT2D eigenvalue weighted by atomic mass is 16.6. The summed E-state index contributed by atoms with van der Waals surface area (Å²) in [5, 5.41) is 30.6. The first kappa shape index (κ1) is 23.7. The summed E-state index contributed by atoms with van der Waals surface area (Å²) in [5.41, 5.74) is 4.39. The Hall–Kier alpha value is -1.99. The number of rotatable bonds is 7. The van der Waals surface area contributed by atoms with Gasteiger partial charge in [0.1, 0.15) is 5.69 Å². The molecule has 6 heteroatoms.